The van der Waals surface area contributed by atoms with Gasteiger partial charge in [0.05, 0.1) is 6.61 Å². The van der Waals surface area contributed by atoms with Gasteiger partial charge in [-0.2, -0.15) is 0 Å². The normalized spacial score (nSPS) is 22.4. The Balaban J connectivity index is 1.80. The molecule has 0 aromatic carbocycles. The highest BCUT2D eigenvalue weighted by Crippen LogP contribution is 2.17. The zero-order valence-corrected chi connectivity index (χ0v) is 11.7. The van der Waals surface area contributed by atoms with Crippen molar-refractivity contribution in [1.82, 2.24) is 10.3 Å². The average molecular weight is 299 g/mol. The van der Waals surface area contributed by atoms with Crippen molar-refractivity contribution in [3.63, 3.8) is 0 Å². The lowest BCUT2D eigenvalue weighted by Crippen LogP contribution is -2.37. The van der Waals surface area contributed by atoms with Crippen LogP contribution in [-0.4, -0.2) is 24.2 Å². The molecule has 1 N–H and O–H groups in total. The molecular formula is C13H19BrN2O. The number of ether oxygens (including phenoxy) is 1. The average Bonchev–Trinajstić information content (AvgIpc) is 2.37. The van der Waals surface area contributed by atoms with Crippen LogP contribution in [0.5, 0.6) is 0 Å². The van der Waals surface area contributed by atoms with Crippen LogP contribution < -0.4 is 5.32 Å². The molecule has 0 unspecified atom stereocenters. The lowest BCUT2D eigenvalue weighted by molar-refractivity contribution is 0.0417. The first-order valence-electron chi connectivity index (χ1n) is 6.17. The van der Waals surface area contributed by atoms with Crippen molar-refractivity contribution in [1.29, 1.82) is 0 Å². The molecule has 2 heterocycles. The van der Waals surface area contributed by atoms with Crippen molar-refractivity contribution in [3.05, 3.63) is 28.5 Å². The fourth-order valence-electron chi connectivity index (χ4n) is 2.16. The van der Waals surface area contributed by atoms with Crippen molar-refractivity contribution in [2.24, 2.45) is 5.92 Å². The maximum atomic E-state index is 5.52. The van der Waals surface area contributed by atoms with Gasteiger partial charge in [-0.05, 0) is 59.3 Å². The standard InChI is InChI=1S/C13H19BrN2O/c1-10(12-3-2-6-17-9-12)16-8-11-4-5-15-13(14)7-11/h4-5,7,10,12,16H,2-3,6,8-9H2,1H3/t10-,12+/m0/s1. The van der Waals surface area contributed by atoms with Crippen LogP contribution in [-0.2, 0) is 11.3 Å². The molecule has 0 bridgehead atoms. The van der Waals surface area contributed by atoms with Gasteiger partial charge in [-0.15, -0.1) is 0 Å². The minimum Gasteiger partial charge on any atom is -0.381 e. The summed E-state index contributed by atoms with van der Waals surface area (Å²) >= 11 is 3.39. The zero-order valence-electron chi connectivity index (χ0n) is 10.2. The molecule has 1 fully saturated rings. The number of aromatic nitrogens is 1. The Morgan fingerprint density at radius 1 is 1.65 bits per heavy atom. The van der Waals surface area contributed by atoms with Crippen LogP contribution in [0.3, 0.4) is 0 Å². The molecular weight excluding hydrogens is 280 g/mol. The van der Waals surface area contributed by atoms with Crippen molar-refractivity contribution < 1.29 is 4.74 Å². The van der Waals surface area contributed by atoms with E-state index in [4.69, 9.17) is 4.74 Å². The molecule has 1 aromatic rings. The number of hydrogen-bond donors (Lipinski definition) is 1. The summed E-state index contributed by atoms with van der Waals surface area (Å²) in [6.07, 6.45) is 4.29. The summed E-state index contributed by atoms with van der Waals surface area (Å²) in [5, 5.41) is 3.57. The van der Waals surface area contributed by atoms with E-state index in [0.717, 1.165) is 24.4 Å². The van der Waals surface area contributed by atoms with Crippen LogP contribution >= 0.6 is 15.9 Å². The topological polar surface area (TPSA) is 34.2 Å². The van der Waals surface area contributed by atoms with Crippen LogP contribution in [0.1, 0.15) is 25.3 Å². The zero-order chi connectivity index (χ0) is 12.1. The van der Waals surface area contributed by atoms with Gasteiger partial charge in [0.1, 0.15) is 4.60 Å². The molecule has 17 heavy (non-hydrogen) atoms. The lowest BCUT2D eigenvalue weighted by atomic mass is 9.95. The van der Waals surface area contributed by atoms with Crippen molar-refractivity contribution >= 4 is 15.9 Å². The minimum absolute atomic E-state index is 0.502. The van der Waals surface area contributed by atoms with Gasteiger partial charge in [-0.25, -0.2) is 4.98 Å². The summed E-state index contributed by atoms with van der Waals surface area (Å²) in [5.41, 5.74) is 1.26. The van der Waals surface area contributed by atoms with Crippen LogP contribution in [0.25, 0.3) is 0 Å². The van der Waals surface area contributed by atoms with Gasteiger partial charge in [-0.3, -0.25) is 0 Å². The smallest absolute Gasteiger partial charge is 0.106 e. The van der Waals surface area contributed by atoms with E-state index in [2.05, 4.69) is 39.2 Å². The van der Waals surface area contributed by atoms with Crippen LogP contribution in [0.2, 0.25) is 0 Å². The number of nitrogens with zero attached hydrogens (tertiary/aromatic N) is 1. The second-order valence-corrected chi connectivity index (χ2v) is 5.45. The third-order valence-electron chi connectivity index (χ3n) is 3.32. The van der Waals surface area contributed by atoms with E-state index in [-0.39, 0.29) is 0 Å². The first kappa shape index (κ1) is 13.0. The second-order valence-electron chi connectivity index (χ2n) is 4.63. The molecule has 1 saturated heterocycles. The van der Waals surface area contributed by atoms with Crippen LogP contribution in [0.15, 0.2) is 22.9 Å². The van der Waals surface area contributed by atoms with Crippen molar-refractivity contribution in [2.75, 3.05) is 13.2 Å². The number of hydrogen-bond acceptors (Lipinski definition) is 3. The molecule has 0 amide bonds. The maximum Gasteiger partial charge on any atom is 0.106 e. The fourth-order valence-corrected chi connectivity index (χ4v) is 2.57. The van der Waals surface area contributed by atoms with Crippen molar-refractivity contribution in [2.45, 2.75) is 32.4 Å². The quantitative estimate of drug-likeness (QED) is 0.868. The summed E-state index contributed by atoms with van der Waals surface area (Å²) in [4.78, 5) is 4.13. The van der Waals surface area contributed by atoms with Crippen LogP contribution in [0, 0.1) is 5.92 Å². The molecule has 0 saturated carbocycles. The van der Waals surface area contributed by atoms with E-state index < -0.39 is 0 Å². The third kappa shape index (κ3) is 4.05. The molecule has 0 spiro atoms. The molecule has 1 aliphatic heterocycles. The molecule has 1 aromatic heterocycles. The summed E-state index contributed by atoms with van der Waals surface area (Å²) in [6, 6.07) is 4.60. The lowest BCUT2D eigenvalue weighted by Gasteiger charge is -2.28. The monoisotopic (exact) mass is 298 g/mol. The Hall–Kier alpha value is -0.450. The molecule has 1 aliphatic rings. The van der Waals surface area contributed by atoms with E-state index in [1.165, 1.54) is 18.4 Å². The molecule has 0 aliphatic carbocycles. The fraction of sp³-hybridized carbons (Fsp3) is 0.615. The Morgan fingerprint density at radius 3 is 3.24 bits per heavy atom. The molecule has 4 heteroatoms. The Morgan fingerprint density at radius 2 is 2.53 bits per heavy atom. The van der Waals surface area contributed by atoms with Crippen molar-refractivity contribution in [3.8, 4) is 0 Å². The first-order valence-corrected chi connectivity index (χ1v) is 6.96. The molecule has 2 atom stereocenters. The van der Waals surface area contributed by atoms with E-state index in [9.17, 15) is 0 Å². The van der Waals surface area contributed by atoms with Gasteiger partial charge >= 0.3 is 0 Å². The summed E-state index contributed by atoms with van der Waals surface area (Å²) in [6.45, 7) is 4.96. The molecule has 94 valence electrons. The van der Waals surface area contributed by atoms with Crippen LogP contribution in [0.4, 0.5) is 0 Å². The predicted octanol–water partition coefficient (Wildman–Crippen LogP) is 2.75. The Bertz CT molecular complexity index is 353. The third-order valence-corrected chi connectivity index (χ3v) is 3.76. The minimum atomic E-state index is 0.502. The van der Waals surface area contributed by atoms with Gasteiger partial charge < -0.3 is 10.1 Å². The Kier molecular flexibility index (Phi) is 4.95. The first-order chi connectivity index (χ1) is 8.25. The maximum absolute atomic E-state index is 5.52. The van der Waals surface area contributed by atoms with Gasteiger partial charge in [-0.1, -0.05) is 0 Å². The molecule has 3 nitrogen and oxygen atoms in total. The van der Waals surface area contributed by atoms with E-state index in [1.807, 2.05) is 12.3 Å². The summed E-state index contributed by atoms with van der Waals surface area (Å²) in [7, 11) is 0. The van der Waals surface area contributed by atoms with E-state index >= 15 is 0 Å². The van der Waals surface area contributed by atoms with E-state index in [0.29, 0.717) is 12.0 Å². The SMILES string of the molecule is C[C@H](NCc1ccnc(Br)c1)[C@@H]1CCCOC1. The van der Waals surface area contributed by atoms with Gasteiger partial charge in [0, 0.05) is 25.4 Å². The highest BCUT2D eigenvalue weighted by Gasteiger charge is 2.19. The Labute approximate surface area is 111 Å². The number of pyridine rings is 1. The largest absolute Gasteiger partial charge is 0.381 e. The molecule has 0 radical (unpaired) electrons. The summed E-state index contributed by atoms with van der Waals surface area (Å²) < 4.78 is 6.41. The van der Waals surface area contributed by atoms with Gasteiger partial charge in [0.15, 0.2) is 0 Å². The number of halogens is 1. The van der Waals surface area contributed by atoms with E-state index in [1.54, 1.807) is 0 Å². The predicted molar refractivity (Wildman–Crippen MR) is 71.8 cm³/mol. The van der Waals surface area contributed by atoms with Gasteiger partial charge in [0.25, 0.3) is 0 Å². The van der Waals surface area contributed by atoms with Gasteiger partial charge in [0.2, 0.25) is 0 Å². The summed E-state index contributed by atoms with van der Waals surface area (Å²) in [5.74, 6) is 0.647. The number of nitrogens with one attached hydrogen (secondary N) is 1. The highest BCUT2D eigenvalue weighted by molar-refractivity contribution is 9.10. The number of rotatable bonds is 4. The highest BCUT2D eigenvalue weighted by atomic mass is 79.9. The molecule has 2 rings (SSSR count). The second kappa shape index (κ2) is 6.47.